The SMILES string of the molecule is C=COCOC1CCC(C(C)(C)C2CCC(C(C)(C)C)CC2)CC1. The summed E-state index contributed by atoms with van der Waals surface area (Å²) in [7, 11) is 0. The Morgan fingerprint density at radius 3 is 1.71 bits per heavy atom. The van der Waals surface area contributed by atoms with Crippen molar-refractivity contribution in [3.8, 4) is 0 Å². The third-order valence-corrected chi connectivity index (χ3v) is 7.22. The Morgan fingerprint density at radius 1 is 0.792 bits per heavy atom. The van der Waals surface area contributed by atoms with Crippen molar-refractivity contribution in [2.75, 3.05) is 6.79 Å². The Kier molecular flexibility index (Phi) is 6.82. The van der Waals surface area contributed by atoms with Crippen molar-refractivity contribution in [1.29, 1.82) is 0 Å². The van der Waals surface area contributed by atoms with Crippen LogP contribution in [0.1, 0.15) is 86.0 Å². The van der Waals surface area contributed by atoms with E-state index < -0.39 is 0 Å². The first-order valence-corrected chi connectivity index (χ1v) is 10.1. The maximum Gasteiger partial charge on any atom is 0.188 e. The molecule has 0 N–H and O–H groups in total. The Hall–Kier alpha value is -0.500. The van der Waals surface area contributed by atoms with Crippen molar-refractivity contribution in [3.05, 3.63) is 12.8 Å². The molecule has 24 heavy (non-hydrogen) atoms. The maximum absolute atomic E-state index is 5.79. The Bertz CT molecular complexity index is 377. The Morgan fingerprint density at radius 2 is 1.25 bits per heavy atom. The first-order valence-electron chi connectivity index (χ1n) is 10.1. The Labute approximate surface area is 150 Å². The quantitative estimate of drug-likeness (QED) is 0.311. The molecule has 2 saturated carbocycles. The first kappa shape index (κ1) is 19.8. The van der Waals surface area contributed by atoms with Gasteiger partial charge in [0.05, 0.1) is 12.4 Å². The summed E-state index contributed by atoms with van der Waals surface area (Å²) in [4.78, 5) is 0. The van der Waals surface area contributed by atoms with Gasteiger partial charge in [0, 0.05) is 0 Å². The molecule has 2 aliphatic carbocycles. The van der Waals surface area contributed by atoms with Gasteiger partial charge < -0.3 is 9.47 Å². The van der Waals surface area contributed by atoms with E-state index in [2.05, 4.69) is 41.2 Å². The zero-order valence-corrected chi connectivity index (χ0v) is 16.8. The normalized spacial score (nSPS) is 32.4. The van der Waals surface area contributed by atoms with Crippen LogP contribution in [0.5, 0.6) is 0 Å². The van der Waals surface area contributed by atoms with Crippen LogP contribution in [0.4, 0.5) is 0 Å². The van der Waals surface area contributed by atoms with Crippen LogP contribution in [0, 0.1) is 28.6 Å². The van der Waals surface area contributed by atoms with Gasteiger partial charge in [0.15, 0.2) is 6.79 Å². The van der Waals surface area contributed by atoms with E-state index in [1.165, 1.54) is 57.6 Å². The highest BCUT2D eigenvalue weighted by molar-refractivity contribution is 4.92. The highest BCUT2D eigenvalue weighted by Gasteiger charge is 2.41. The van der Waals surface area contributed by atoms with E-state index in [0.29, 0.717) is 23.7 Å². The molecule has 2 nitrogen and oxygen atoms in total. The smallest absolute Gasteiger partial charge is 0.188 e. The monoisotopic (exact) mass is 336 g/mol. The molecule has 140 valence electrons. The predicted octanol–water partition coefficient (Wildman–Crippen LogP) is 6.56. The van der Waals surface area contributed by atoms with Crippen LogP contribution in [0.3, 0.4) is 0 Å². The molecule has 0 aromatic rings. The number of hydrogen-bond acceptors (Lipinski definition) is 2. The van der Waals surface area contributed by atoms with Gasteiger partial charge in [-0.15, -0.1) is 0 Å². The minimum absolute atomic E-state index is 0.360. The van der Waals surface area contributed by atoms with Crippen molar-refractivity contribution >= 4 is 0 Å². The van der Waals surface area contributed by atoms with Gasteiger partial charge in [-0.3, -0.25) is 0 Å². The fraction of sp³-hybridized carbons (Fsp3) is 0.909. The number of hydrogen-bond donors (Lipinski definition) is 0. The van der Waals surface area contributed by atoms with Crippen molar-refractivity contribution in [3.63, 3.8) is 0 Å². The van der Waals surface area contributed by atoms with E-state index in [4.69, 9.17) is 9.47 Å². The molecule has 0 bridgehead atoms. The first-order chi connectivity index (χ1) is 11.2. The summed E-state index contributed by atoms with van der Waals surface area (Å²) < 4.78 is 10.9. The standard InChI is InChI=1S/C22H40O2/c1-7-23-16-24-20-14-12-19(13-15-20)22(5,6)18-10-8-17(9-11-18)21(2,3)4/h7,17-20H,1,8-16H2,2-6H3. The molecule has 2 rings (SSSR count). The molecule has 0 aromatic carbocycles. The lowest BCUT2D eigenvalue weighted by atomic mass is 9.58. The molecule has 0 spiro atoms. The molecule has 0 aromatic heterocycles. The van der Waals surface area contributed by atoms with Crippen molar-refractivity contribution in [2.24, 2.45) is 28.6 Å². The van der Waals surface area contributed by atoms with Crippen molar-refractivity contribution in [1.82, 2.24) is 0 Å². The molecule has 2 heteroatoms. The predicted molar refractivity (Wildman–Crippen MR) is 102 cm³/mol. The molecule has 2 fully saturated rings. The van der Waals surface area contributed by atoms with Crippen LogP contribution in [-0.4, -0.2) is 12.9 Å². The van der Waals surface area contributed by atoms with E-state index in [1.807, 2.05) is 0 Å². The average molecular weight is 337 g/mol. The van der Waals surface area contributed by atoms with Crippen molar-refractivity contribution < 1.29 is 9.47 Å². The molecule has 0 atom stereocenters. The molecule has 0 amide bonds. The van der Waals surface area contributed by atoms with E-state index in [9.17, 15) is 0 Å². The maximum atomic E-state index is 5.79. The van der Waals surface area contributed by atoms with Gasteiger partial charge in [-0.1, -0.05) is 41.2 Å². The molecular weight excluding hydrogens is 296 g/mol. The van der Waals surface area contributed by atoms with Crippen LogP contribution in [0.2, 0.25) is 0 Å². The molecule has 0 saturated heterocycles. The van der Waals surface area contributed by atoms with E-state index in [0.717, 1.165) is 17.8 Å². The summed E-state index contributed by atoms with van der Waals surface area (Å²) in [5, 5.41) is 0. The highest BCUT2D eigenvalue weighted by atomic mass is 16.7. The average Bonchev–Trinajstić information content (AvgIpc) is 2.55. The molecule has 0 radical (unpaired) electrons. The number of rotatable bonds is 6. The second-order valence-corrected chi connectivity index (χ2v) is 9.83. The zero-order chi connectivity index (χ0) is 17.8. The number of ether oxygens (including phenoxy) is 2. The van der Waals surface area contributed by atoms with Crippen LogP contribution >= 0.6 is 0 Å². The third-order valence-electron chi connectivity index (χ3n) is 7.22. The summed E-state index contributed by atoms with van der Waals surface area (Å²) in [6.07, 6.45) is 12.5. The Balaban J connectivity index is 1.80. The van der Waals surface area contributed by atoms with Crippen LogP contribution in [-0.2, 0) is 9.47 Å². The van der Waals surface area contributed by atoms with Gasteiger partial charge in [0.25, 0.3) is 0 Å². The largest absolute Gasteiger partial charge is 0.476 e. The van der Waals surface area contributed by atoms with E-state index in [1.54, 1.807) is 0 Å². The minimum Gasteiger partial charge on any atom is -0.476 e. The third kappa shape index (κ3) is 5.00. The van der Waals surface area contributed by atoms with Gasteiger partial charge in [-0.25, -0.2) is 0 Å². The summed E-state index contributed by atoms with van der Waals surface area (Å²) in [5.74, 6) is 2.68. The van der Waals surface area contributed by atoms with E-state index >= 15 is 0 Å². The van der Waals surface area contributed by atoms with Gasteiger partial charge in [-0.05, 0) is 80.0 Å². The summed E-state index contributed by atoms with van der Waals surface area (Å²) in [6.45, 7) is 16.3. The van der Waals surface area contributed by atoms with Crippen LogP contribution in [0.25, 0.3) is 0 Å². The summed E-state index contributed by atoms with van der Waals surface area (Å²) in [6, 6.07) is 0. The molecule has 0 unspecified atom stereocenters. The van der Waals surface area contributed by atoms with Gasteiger partial charge in [0.1, 0.15) is 0 Å². The zero-order valence-electron chi connectivity index (χ0n) is 16.8. The van der Waals surface area contributed by atoms with Gasteiger partial charge in [-0.2, -0.15) is 0 Å². The fourth-order valence-corrected chi connectivity index (χ4v) is 5.19. The van der Waals surface area contributed by atoms with E-state index in [-0.39, 0.29) is 0 Å². The lowest BCUT2D eigenvalue weighted by Crippen LogP contribution is -2.39. The topological polar surface area (TPSA) is 18.5 Å². The lowest BCUT2D eigenvalue weighted by molar-refractivity contribution is -0.0829. The second-order valence-electron chi connectivity index (χ2n) is 9.83. The molecule has 0 aliphatic heterocycles. The van der Waals surface area contributed by atoms with Gasteiger partial charge >= 0.3 is 0 Å². The molecule has 2 aliphatic rings. The summed E-state index contributed by atoms with van der Waals surface area (Å²) in [5.41, 5.74) is 0.962. The second kappa shape index (κ2) is 8.25. The highest BCUT2D eigenvalue weighted by Crippen LogP contribution is 2.51. The molecule has 0 heterocycles. The lowest BCUT2D eigenvalue weighted by Gasteiger charge is -2.48. The minimum atomic E-state index is 0.360. The summed E-state index contributed by atoms with van der Waals surface area (Å²) >= 11 is 0. The van der Waals surface area contributed by atoms with Crippen LogP contribution < -0.4 is 0 Å². The van der Waals surface area contributed by atoms with Gasteiger partial charge in [0.2, 0.25) is 0 Å². The van der Waals surface area contributed by atoms with Crippen LogP contribution in [0.15, 0.2) is 12.8 Å². The fourth-order valence-electron chi connectivity index (χ4n) is 5.19. The van der Waals surface area contributed by atoms with Crippen molar-refractivity contribution in [2.45, 2.75) is 92.1 Å². The molecular formula is C22H40O2.